The quantitative estimate of drug-likeness (QED) is 0.839. The van der Waals surface area contributed by atoms with E-state index in [4.69, 9.17) is 9.47 Å². The molecule has 0 bridgehead atoms. The monoisotopic (exact) mass is 390 g/mol. The molecule has 0 aliphatic carbocycles. The van der Waals surface area contributed by atoms with Gasteiger partial charge in [0, 0.05) is 37.4 Å². The van der Waals surface area contributed by atoms with Crippen molar-refractivity contribution in [1.29, 1.82) is 0 Å². The highest BCUT2D eigenvalue weighted by Crippen LogP contribution is 2.38. The third-order valence-electron chi connectivity index (χ3n) is 5.45. The summed E-state index contributed by atoms with van der Waals surface area (Å²) in [6, 6.07) is 5.50. The average Bonchev–Trinajstić information content (AvgIpc) is 3.06. The maximum atomic E-state index is 13.2. The number of benzene rings is 1. The number of nitrogens with zero attached hydrogens (tertiary/aromatic N) is 2. The molecule has 3 rings (SSSR count). The molecule has 8 nitrogen and oxygen atoms in total. The summed E-state index contributed by atoms with van der Waals surface area (Å²) >= 11 is 0. The molecule has 28 heavy (non-hydrogen) atoms. The second-order valence-electron chi connectivity index (χ2n) is 7.49. The minimum Gasteiger partial charge on any atom is -0.497 e. The number of ether oxygens (including phenoxy) is 2. The molecule has 0 unspecified atom stereocenters. The first-order chi connectivity index (χ1) is 13.3. The fraction of sp³-hybridized carbons (Fsp3) is 0.550. The molecule has 2 amide bonds. The summed E-state index contributed by atoms with van der Waals surface area (Å²) in [5.41, 5.74) is -0.633. The number of carbonyl (C=O) groups is 3. The number of piperidine rings is 1. The van der Waals surface area contributed by atoms with Crippen molar-refractivity contribution in [1.82, 2.24) is 9.80 Å². The summed E-state index contributed by atoms with van der Waals surface area (Å²) < 4.78 is 11.0. The van der Waals surface area contributed by atoms with E-state index in [9.17, 15) is 19.5 Å². The molecule has 8 heteroatoms. The number of likely N-dealkylation sites (tertiary alicyclic amines) is 1. The minimum absolute atomic E-state index is 0.0515. The standard InChI is InChI=1S/C20H26N2O6/c1-13(2)17(23)21-10-8-20(9-11-21)22(16(12-28-20)19(25)26)18(24)14-4-6-15(27-3)7-5-14/h4-7,13,16H,8-12H2,1-3H3,(H,25,26)/t16-/m1/s1. The van der Waals surface area contributed by atoms with Gasteiger partial charge >= 0.3 is 5.97 Å². The van der Waals surface area contributed by atoms with Crippen LogP contribution in [0, 0.1) is 5.92 Å². The summed E-state index contributed by atoms with van der Waals surface area (Å²) in [6.07, 6.45) is 0.772. The van der Waals surface area contributed by atoms with E-state index in [-0.39, 0.29) is 18.4 Å². The van der Waals surface area contributed by atoms with Crippen LogP contribution in [0.3, 0.4) is 0 Å². The lowest BCUT2D eigenvalue weighted by Crippen LogP contribution is -2.59. The van der Waals surface area contributed by atoms with Crippen LogP contribution in [0.15, 0.2) is 24.3 Å². The molecule has 1 aromatic rings. The van der Waals surface area contributed by atoms with Crippen LogP contribution in [0.25, 0.3) is 0 Å². The minimum atomic E-state index is -1.10. The number of hydrogen-bond donors (Lipinski definition) is 1. The Morgan fingerprint density at radius 2 is 1.79 bits per heavy atom. The van der Waals surface area contributed by atoms with Crippen LogP contribution in [-0.2, 0) is 14.3 Å². The molecule has 2 aliphatic heterocycles. The molecule has 1 atom stereocenters. The lowest BCUT2D eigenvalue weighted by Gasteiger charge is -2.44. The Bertz CT molecular complexity index is 752. The van der Waals surface area contributed by atoms with E-state index in [2.05, 4.69) is 0 Å². The highest BCUT2D eigenvalue weighted by atomic mass is 16.5. The fourth-order valence-electron chi connectivity index (χ4n) is 3.87. The number of amides is 2. The number of carbonyl (C=O) groups excluding carboxylic acids is 2. The molecule has 1 aromatic carbocycles. The van der Waals surface area contributed by atoms with Crippen molar-refractivity contribution in [2.24, 2.45) is 5.92 Å². The van der Waals surface area contributed by atoms with E-state index in [1.165, 1.54) is 12.0 Å². The van der Waals surface area contributed by atoms with Gasteiger partial charge in [-0.15, -0.1) is 0 Å². The van der Waals surface area contributed by atoms with Crippen molar-refractivity contribution in [3.05, 3.63) is 29.8 Å². The zero-order chi connectivity index (χ0) is 20.5. The number of carboxylic acid groups (broad SMARTS) is 1. The maximum absolute atomic E-state index is 13.2. The highest BCUT2D eigenvalue weighted by Gasteiger charge is 2.54. The van der Waals surface area contributed by atoms with Gasteiger partial charge in [0.1, 0.15) is 11.5 Å². The zero-order valence-corrected chi connectivity index (χ0v) is 16.4. The average molecular weight is 390 g/mol. The van der Waals surface area contributed by atoms with E-state index in [1.807, 2.05) is 13.8 Å². The van der Waals surface area contributed by atoms with Gasteiger partial charge < -0.3 is 19.5 Å². The maximum Gasteiger partial charge on any atom is 0.328 e. The summed E-state index contributed by atoms with van der Waals surface area (Å²) in [7, 11) is 1.53. The second kappa shape index (κ2) is 7.79. The predicted molar refractivity (Wildman–Crippen MR) is 99.9 cm³/mol. The number of rotatable bonds is 4. The van der Waals surface area contributed by atoms with E-state index < -0.39 is 23.6 Å². The van der Waals surface area contributed by atoms with Crippen molar-refractivity contribution in [2.75, 3.05) is 26.8 Å². The summed E-state index contributed by atoms with van der Waals surface area (Å²) in [5, 5.41) is 9.63. The van der Waals surface area contributed by atoms with E-state index in [0.29, 0.717) is 37.2 Å². The summed E-state index contributed by atoms with van der Waals surface area (Å²) in [6.45, 7) is 4.48. The van der Waals surface area contributed by atoms with Crippen LogP contribution < -0.4 is 4.74 Å². The highest BCUT2D eigenvalue weighted by molar-refractivity contribution is 5.97. The molecule has 2 saturated heterocycles. The van der Waals surface area contributed by atoms with Gasteiger partial charge in [-0.25, -0.2) is 4.79 Å². The number of methoxy groups -OCH3 is 1. The van der Waals surface area contributed by atoms with Crippen LogP contribution in [0.1, 0.15) is 37.0 Å². The largest absolute Gasteiger partial charge is 0.497 e. The Morgan fingerprint density at radius 1 is 1.18 bits per heavy atom. The molecule has 152 valence electrons. The molecule has 0 radical (unpaired) electrons. The summed E-state index contributed by atoms with van der Waals surface area (Å²) in [5.74, 6) is -0.937. The molecule has 2 aliphatic rings. The van der Waals surface area contributed by atoms with Crippen LogP contribution in [0.5, 0.6) is 5.75 Å². The Labute approximate surface area is 164 Å². The SMILES string of the molecule is COc1ccc(C(=O)N2[C@@H](C(=O)O)COC23CCN(C(=O)C(C)C)CC3)cc1. The third kappa shape index (κ3) is 3.56. The van der Waals surface area contributed by atoms with Crippen LogP contribution in [0.2, 0.25) is 0 Å². The third-order valence-corrected chi connectivity index (χ3v) is 5.45. The Kier molecular flexibility index (Phi) is 5.60. The molecule has 1 N–H and O–H groups in total. The molecular weight excluding hydrogens is 364 g/mol. The van der Waals surface area contributed by atoms with Gasteiger partial charge in [-0.2, -0.15) is 0 Å². The number of hydrogen-bond acceptors (Lipinski definition) is 5. The van der Waals surface area contributed by atoms with Crippen molar-refractivity contribution < 1.29 is 29.0 Å². The molecule has 1 spiro atoms. The van der Waals surface area contributed by atoms with E-state index in [1.54, 1.807) is 29.2 Å². The second-order valence-corrected chi connectivity index (χ2v) is 7.49. The number of carboxylic acids is 1. The van der Waals surface area contributed by atoms with Crippen LogP contribution >= 0.6 is 0 Å². The van der Waals surface area contributed by atoms with E-state index in [0.717, 1.165) is 0 Å². The lowest BCUT2D eigenvalue weighted by atomic mass is 9.96. The first-order valence-corrected chi connectivity index (χ1v) is 9.42. The van der Waals surface area contributed by atoms with Gasteiger partial charge in [-0.1, -0.05) is 13.8 Å². The van der Waals surface area contributed by atoms with Crippen molar-refractivity contribution in [3.8, 4) is 5.75 Å². The Hall–Kier alpha value is -2.61. The molecule has 2 fully saturated rings. The van der Waals surface area contributed by atoms with Crippen molar-refractivity contribution in [2.45, 2.75) is 38.5 Å². The van der Waals surface area contributed by atoms with Gasteiger partial charge in [0.05, 0.1) is 13.7 Å². The Balaban J connectivity index is 1.85. The van der Waals surface area contributed by atoms with Gasteiger partial charge in [0.2, 0.25) is 5.91 Å². The zero-order valence-electron chi connectivity index (χ0n) is 16.4. The predicted octanol–water partition coefficient (Wildman–Crippen LogP) is 1.60. The summed E-state index contributed by atoms with van der Waals surface area (Å²) in [4.78, 5) is 40.4. The van der Waals surface area contributed by atoms with Gasteiger partial charge in [0.15, 0.2) is 6.04 Å². The normalized spacial score (nSPS) is 21.2. The molecule has 0 aromatic heterocycles. The van der Waals surface area contributed by atoms with Crippen LogP contribution in [-0.4, -0.2) is 71.3 Å². The van der Waals surface area contributed by atoms with Crippen molar-refractivity contribution in [3.63, 3.8) is 0 Å². The first-order valence-electron chi connectivity index (χ1n) is 9.42. The first kappa shape index (κ1) is 20.1. The molecule has 2 heterocycles. The molecular formula is C20H26N2O6. The van der Waals surface area contributed by atoms with Crippen LogP contribution in [0.4, 0.5) is 0 Å². The van der Waals surface area contributed by atoms with Crippen molar-refractivity contribution >= 4 is 17.8 Å². The van der Waals surface area contributed by atoms with Gasteiger partial charge in [0.25, 0.3) is 5.91 Å². The molecule has 0 saturated carbocycles. The van der Waals surface area contributed by atoms with Gasteiger partial charge in [-0.3, -0.25) is 14.5 Å². The van der Waals surface area contributed by atoms with E-state index >= 15 is 0 Å². The topological polar surface area (TPSA) is 96.4 Å². The number of aliphatic carboxylic acids is 1. The lowest BCUT2D eigenvalue weighted by molar-refractivity contribution is -0.149. The smallest absolute Gasteiger partial charge is 0.328 e. The fourth-order valence-corrected chi connectivity index (χ4v) is 3.87. The van der Waals surface area contributed by atoms with Gasteiger partial charge in [-0.05, 0) is 24.3 Å². The Morgan fingerprint density at radius 3 is 2.29 bits per heavy atom.